The van der Waals surface area contributed by atoms with Crippen LogP contribution in [0, 0.1) is 5.82 Å². The molecule has 0 aliphatic rings. The number of carbonyl (C=O) groups excluding carboxylic acids is 1. The second-order valence-corrected chi connectivity index (χ2v) is 3.98. The molecular weight excluding hydrogens is 239 g/mol. The molecule has 0 radical (unpaired) electrons. The summed E-state index contributed by atoms with van der Waals surface area (Å²) in [6, 6.07) is 5.67. The molecule has 98 valence electrons. The van der Waals surface area contributed by atoms with Crippen LogP contribution in [0.5, 0.6) is 0 Å². The molecule has 0 atom stereocenters. The Morgan fingerprint density at radius 2 is 1.83 bits per heavy atom. The van der Waals surface area contributed by atoms with Gasteiger partial charge in [0.05, 0.1) is 0 Å². The van der Waals surface area contributed by atoms with E-state index in [2.05, 4.69) is 0 Å². The van der Waals surface area contributed by atoms with Crippen molar-refractivity contribution in [3.8, 4) is 0 Å². The molecule has 1 N–H and O–H groups in total. The molecule has 0 fully saturated rings. The predicted molar refractivity (Wildman–Crippen MR) is 63.5 cm³/mol. The SMILES string of the molecule is CN(CC(=O)O)C(=O)N(C)Cc1ccccc1F. The van der Waals surface area contributed by atoms with Gasteiger partial charge in [0.1, 0.15) is 12.4 Å². The topological polar surface area (TPSA) is 60.9 Å². The minimum atomic E-state index is -1.09. The van der Waals surface area contributed by atoms with Crippen LogP contribution in [-0.2, 0) is 11.3 Å². The van der Waals surface area contributed by atoms with Gasteiger partial charge in [-0.25, -0.2) is 9.18 Å². The van der Waals surface area contributed by atoms with E-state index in [1.165, 1.54) is 25.1 Å². The lowest BCUT2D eigenvalue weighted by molar-refractivity contribution is -0.137. The first kappa shape index (κ1) is 14.0. The zero-order chi connectivity index (χ0) is 13.7. The van der Waals surface area contributed by atoms with Crippen molar-refractivity contribution in [1.29, 1.82) is 0 Å². The Balaban J connectivity index is 2.65. The van der Waals surface area contributed by atoms with Crippen LogP contribution >= 0.6 is 0 Å². The van der Waals surface area contributed by atoms with Gasteiger partial charge in [0, 0.05) is 26.2 Å². The van der Waals surface area contributed by atoms with Crippen molar-refractivity contribution in [2.24, 2.45) is 0 Å². The highest BCUT2D eigenvalue weighted by molar-refractivity contribution is 5.79. The Labute approximate surface area is 104 Å². The van der Waals surface area contributed by atoms with Gasteiger partial charge in [0.25, 0.3) is 0 Å². The third-order valence-corrected chi connectivity index (χ3v) is 2.39. The van der Waals surface area contributed by atoms with E-state index in [1.807, 2.05) is 0 Å². The summed E-state index contributed by atoms with van der Waals surface area (Å²) in [4.78, 5) is 24.6. The summed E-state index contributed by atoms with van der Waals surface area (Å²) in [6.45, 7) is -0.296. The normalized spacial score (nSPS) is 9.94. The number of halogens is 1. The van der Waals surface area contributed by atoms with Crippen LogP contribution < -0.4 is 0 Å². The molecule has 2 amide bonds. The number of hydrogen-bond acceptors (Lipinski definition) is 2. The third kappa shape index (κ3) is 3.73. The number of likely N-dealkylation sites (N-methyl/N-ethyl adjacent to an activating group) is 1. The molecule has 0 spiro atoms. The monoisotopic (exact) mass is 254 g/mol. The molecule has 0 bridgehead atoms. The number of nitrogens with zero attached hydrogens (tertiary/aromatic N) is 2. The molecule has 0 saturated heterocycles. The number of amides is 2. The summed E-state index contributed by atoms with van der Waals surface area (Å²) in [5.41, 5.74) is 0.386. The van der Waals surface area contributed by atoms with E-state index in [9.17, 15) is 14.0 Å². The highest BCUT2D eigenvalue weighted by atomic mass is 19.1. The highest BCUT2D eigenvalue weighted by Gasteiger charge is 2.17. The number of urea groups is 1. The van der Waals surface area contributed by atoms with Crippen molar-refractivity contribution in [2.75, 3.05) is 20.6 Å². The molecule has 0 saturated carbocycles. The molecule has 0 unspecified atom stereocenters. The van der Waals surface area contributed by atoms with E-state index in [0.29, 0.717) is 5.56 Å². The van der Waals surface area contributed by atoms with E-state index >= 15 is 0 Å². The fourth-order valence-electron chi connectivity index (χ4n) is 1.51. The zero-order valence-electron chi connectivity index (χ0n) is 10.3. The van der Waals surface area contributed by atoms with Gasteiger partial charge in [-0.2, -0.15) is 0 Å². The summed E-state index contributed by atoms with van der Waals surface area (Å²) in [5.74, 6) is -1.48. The summed E-state index contributed by atoms with van der Waals surface area (Å²) in [6.07, 6.45) is 0. The number of carboxylic acids is 1. The predicted octanol–water partition coefficient (Wildman–Crippen LogP) is 1.39. The molecule has 1 aromatic carbocycles. The quantitative estimate of drug-likeness (QED) is 0.883. The van der Waals surface area contributed by atoms with Gasteiger partial charge >= 0.3 is 12.0 Å². The Morgan fingerprint density at radius 1 is 1.22 bits per heavy atom. The summed E-state index contributed by atoms with van der Waals surface area (Å²) in [7, 11) is 2.88. The average Bonchev–Trinajstić information content (AvgIpc) is 2.30. The maximum absolute atomic E-state index is 13.4. The van der Waals surface area contributed by atoms with Crippen LogP contribution in [0.3, 0.4) is 0 Å². The second kappa shape index (κ2) is 6.00. The van der Waals surface area contributed by atoms with Gasteiger partial charge in [0.15, 0.2) is 0 Å². The number of benzene rings is 1. The fourth-order valence-corrected chi connectivity index (χ4v) is 1.51. The van der Waals surface area contributed by atoms with Crippen LogP contribution in [0.4, 0.5) is 9.18 Å². The minimum absolute atomic E-state index is 0.0927. The number of hydrogen-bond donors (Lipinski definition) is 1. The molecule has 1 aromatic rings. The Kier molecular flexibility index (Phi) is 4.65. The fraction of sp³-hybridized carbons (Fsp3) is 0.333. The Morgan fingerprint density at radius 3 is 2.39 bits per heavy atom. The van der Waals surface area contributed by atoms with Gasteiger partial charge in [-0.1, -0.05) is 18.2 Å². The van der Waals surface area contributed by atoms with E-state index in [-0.39, 0.29) is 13.1 Å². The third-order valence-electron chi connectivity index (χ3n) is 2.39. The van der Waals surface area contributed by atoms with Crippen molar-refractivity contribution in [2.45, 2.75) is 6.54 Å². The highest BCUT2D eigenvalue weighted by Crippen LogP contribution is 2.09. The molecular formula is C12H15FN2O3. The summed E-state index contributed by atoms with van der Waals surface area (Å²) >= 11 is 0. The van der Waals surface area contributed by atoms with Crippen molar-refractivity contribution in [3.05, 3.63) is 35.6 Å². The van der Waals surface area contributed by atoms with Gasteiger partial charge in [0.2, 0.25) is 0 Å². The number of aliphatic carboxylic acids is 1. The van der Waals surface area contributed by atoms with E-state index in [0.717, 1.165) is 4.90 Å². The zero-order valence-corrected chi connectivity index (χ0v) is 10.3. The van der Waals surface area contributed by atoms with Crippen LogP contribution in [0.2, 0.25) is 0 Å². The standard InChI is InChI=1S/C12H15FN2O3/c1-14(12(18)15(2)8-11(16)17)7-9-5-3-4-6-10(9)13/h3-6H,7-8H2,1-2H3,(H,16,17). The maximum Gasteiger partial charge on any atom is 0.323 e. The Bertz CT molecular complexity index is 451. The molecule has 0 aromatic heterocycles. The second-order valence-electron chi connectivity index (χ2n) is 3.98. The lowest BCUT2D eigenvalue weighted by Gasteiger charge is -2.23. The molecule has 0 heterocycles. The number of rotatable bonds is 4. The van der Waals surface area contributed by atoms with Gasteiger partial charge in [-0.3, -0.25) is 4.79 Å². The Hall–Kier alpha value is -2.11. The van der Waals surface area contributed by atoms with E-state index in [1.54, 1.807) is 18.2 Å². The van der Waals surface area contributed by atoms with Crippen molar-refractivity contribution >= 4 is 12.0 Å². The molecule has 6 heteroatoms. The van der Waals surface area contributed by atoms with Crippen molar-refractivity contribution in [1.82, 2.24) is 9.80 Å². The first-order chi connectivity index (χ1) is 8.41. The van der Waals surface area contributed by atoms with Crippen molar-refractivity contribution in [3.63, 3.8) is 0 Å². The molecule has 0 aliphatic carbocycles. The van der Waals surface area contributed by atoms with Gasteiger partial charge in [-0.15, -0.1) is 0 Å². The van der Waals surface area contributed by atoms with Gasteiger partial charge < -0.3 is 14.9 Å². The number of carboxylic acid groups (broad SMARTS) is 1. The lowest BCUT2D eigenvalue weighted by Crippen LogP contribution is -2.40. The first-order valence-corrected chi connectivity index (χ1v) is 5.33. The molecule has 0 aliphatic heterocycles. The lowest BCUT2D eigenvalue weighted by atomic mass is 10.2. The molecule has 1 rings (SSSR count). The largest absolute Gasteiger partial charge is 0.480 e. The molecule has 5 nitrogen and oxygen atoms in total. The smallest absolute Gasteiger partial charge is 0.323 e. The van der Waals surface area contributed by atoms with Gasteiger partial charge in [-0.05, 0) is 6.07 Å². The van der Waals surface area contributed by atoms with E-state index < -0.39 is 17.8 Å². The maximum atomic E-state index is 13.4. The number of carbonyl (C=O) groups is 2. The van der Waals surface area contributed by atoms with Crippen LogP contribution in [0.1, 0.15) is 5.56 Å². The minimum Gasteiger partial charge on any atom is -0.480 e. The average molecular weight is 254 g/mol. The first-order valence-electron chi connectivity index (χ1n) is 5.33. The van der Waals surface area contributed by atoms with Crippen LogP contribution in [-0.4, -0.2) is 47.5 Å². The molecule has 18 heavy (non-hydrogen) atoms. The van der Waals surface area contributed by atoms with Crippen LogP contribution in [0.15, 0.2) is 24.3 Å². The van der Waals surface area contributed by atoms with Crippen molar-refractivity contribution < 1.29 is 19.1 Å². The summed E-state index contributed by atoms with van der Waals surface area (Å²) in [5, 5.41) is 8.58. The van der Waals surface area contributed by atoms with E-state index in [4.69, 9.17) is 5.11 Å². The summed E-state index contributed by atoms with van der Waals surface area (Å²) < 4.78 is 13.4. The van der Waals surface area contributed by atoms with Crippen LogP contribution in [0.25, 0.3) is 0 Å².